The van der Waals surface area contributed by atoms with Crippen LogP contribution in [0.25, 0.3) is 11.1 Å². The van der Waals surface area contributed by atoms with Crippen LogP contribution in [0.2, 0.25) is 10.0 Å². The number of nitrogens with one attached hydrogen (secondary N) is 2. The second-order valence-electron chi connectivity index (χ2n) is 19.4. The highest BCUT2D eigenvalue weighted by molar-refractivity contribution is 6.32. The molecule has 0 radical (unpaired) electrons. The van der Waals surface area contributed by atoms with Crippen LogP contribution in [0.3, 0.4) is 0 Å². The summed E-state index contributed by atoms with van der Waals surface area (Å²) in [6.45, 7) is 5.90. The molecule has 6 aromatic carbocycles. The Labute approximate surface area is 475 Å². The van der Waals surface area contributed by atoms with Crippen molar-refractivity contribution in [2.24, 2.45) is 9.98 Å². The zero-order chi connectivity index (χ0) is 56.0. The lowest BCUT2D eigenvalue weighted by atomic mass is 9.92. The van der Waals surface area contributed by atoms with Crippen LogP contribution in [0, 0.1) is 13.8 Å². The Morgan fingerprint density at radius 1 is 0.562 bits per heavy atom. The number of benzene rings is 6. The molecule has 9 rings (SSSR count). The Morgan fingerprint density at radius 3 is 1.49 bits per heavy atom. The fourth-order valence-corrected chi connectivity index (χ4v) is 9.71. The van der Waals surface area contributed by atoms with Crippen LogP contribution >= 0.6 is 23.2 Å². The van der Waals surface area contributed by atoms with Crippen molar-refractivity contribution >= 4 is 47.1 Å². The van der Waals surface area contributed by atoms with Gasteiger partial charge in [0.05, 0.1) is 22.3 Å². The van der Waals surface area contributed by atoms with Crippen LogP contribution in [0.1, 0.15) is 66.8 Å². The summed E-state index contributed by atoms with van der Waals surface area (Å²) in [6, 6.07) is 40.4. The van der Waals surface area contributed by atoms with Gasteiger partial charge in [-0.25, -0.2) is 0 Å². The maximum Gasteiger partial charge on any atom is 0.321 e. The number of hydrogen-bond donors (Lipinski definition) is 4. The van der Waals surface area contributed by atoms with E-state index in [-0.39, 0.29) is 45.9 Å². The molecule has 8 aromatic rings. The van der Waals surface area contributed by atoms with Gasteiger partial charge >= 0.3 is 11.9 Å². The van der Waals surface area contributed by atoms with E-state index in [2.05, 4.69) is 56.6 Å². The molecule has 0 spiro atoms. The molecule has 0 aliphatic carbocycles. The van der Waals surface area contributed by atoms with Crippen LogP contribution in [-0.2, 0) is 61.9 Å². The summed E-state index contributed by atoms with van der Waals surface area (Å²) in [5.41, 5.74) is 13.5. The van der Waals surface area contributed by atoms with E-state index < -0.39 is 24.0 Å². The van der Waals surface area contributed by atoms with Crippen molar-refractivity contribution in [3.63, 3.8) is 0 Å². The van der Waals surface area contributed by atoms with Gasteiger partial charge in [-0.2, -0.15) is 0 Å². The number of rotatable bonds is 27. The number of carbonyl (C=O) groups is 2. The largest absolute Gasteiger partial charge is 0.488 e. The molecule has 0 fully saturated rings. The molecule has 1 aliphatic heterocycles. The standard InChI is InChI=1S/C64H60Cl2N6O8/c1-40-47(38-79-61-26-59(77-36-45-20-44(28-67-3)29-68-30-45)50(24-54(61)65)33-70-56(63(73)74)22-42-12-6-4-7-13-42)16-10-18-52(40)53-19-11-17-48(41(53)2)39-80-62-27-60(78-37-46-21-49(32-69-31-46)58-35-72-58)51(25-55(62)66)34-71-57(64(75)76)23-43-14-8-5-9-15-43/h4-21,24-32,56-57,70-71H,22-23,33-39H2,1-3H3,(H,73,74)(H,75,76). The lowest BCUT2D eigenvalue weighted by Crippen LogP contribution is -2.38. The molecular formula is C64H60Cl2N6O8. The van der Waals surface area contributed by atoms with Gasteiger partial charge in [-0.1, -0.05) is 120 Å². The first-order chi connectivity index (χ1) is 38.9. The zero-order valence-electron chi connectivity index (χ0n) is 44.5. The molecule has 16 heteroatoms. The molecule has 4 N–H and O–H groups in total. The van der Waals surface area contributed by atoms with Crippen molar-refractivity contribution in [1.29, 1.82) is 0 Å². The van der Waals surface area contributed by atoms with E-state index >= 15 is 0 Å². The average molecular weight is 1110 g/mol. The van der Waals surface area contributed by atoms with Crippen molar-refractivity contribution in [2.75, 3.05) is 13.6 Å². The maximum atomic E-state index is 12.4. The Kier molecular flexibility index (Phi) is 19.0. The van der Waals surface area contributed by atoms with Gasteiger partial charge in [-0.15, -0.1) is 0 Å². The van der Waals surface area contributed by atoms with E-state index in [1.165, 1.54) is 0 Å². The van der Waals surface area contributed by atoms with E-state index in [1.807, 2.05) is 97.1 Å². The van der Waals surface area contributed by atoms with Gasteiger partial charge in [0, 0.05) is 96.7 Å². The van der Waals surface area contributed by atoms with E-state index in [0.717, 1.165) is 72.5 Å². The lowest BCUT2D eigenvalue weighted by Gasteiger charge is -2.20. The van der Waals surface area contributed by atoms with Gasteiger partial charge in [-0.05, 0) is 95.5 Å². The summed E-state index contributed by atoms with van der Waals surface area (Å²) in [6.07, 6.45) is 9.27. The number of pyridine rings is 2. The number of halogens is 2. The number of carboxylic acids is 2. The molecular weight excluding hydrogens is 1050 g/mol. The van der Waals surface area contributed by atoms with Gasteiger partial charge in [0.15, 0.2) is 0 Å². The molecule has 80 heavy (non-hydrogen) atoms. The minimum Gasteiger partial charge on any atom is -0.488 e. The van der Waals surface area contributed by atoms with Gasteiger partial charge < -0.3 is 29.2 Å². The van der Waals surface area contributed by atoms with Crippen molar-refractivity contribution in [2.45, 2.75) is 78.3 Å². The highest BCUT2D eigenvalue weighted by Gasteiger charge is 2.23. The fraction of sp³-hybridized carbons (Fsp3) is 0.219. The molecule has 3 heterocycles. The molecule has 408 valence electrons. The molecule has 2 aromatic heterocycles. The van der Waals surface area contributed by atoms with Crippen LogP contribution in [0.4, 0.5) is 0 Å². The number of ether oxygens (including phenoxy) is 4. The summed E-state index contributed by atoms with van der Waals surface area (Å²) in [5.74, 6) is -0.186. The first-order valence-electron chi connectivity index (χ1n) is 26.1. The topological polar surface area (TPSA) is 186 Å². The first-order valence-corrected chi connectivity index (χ1v) is 26.8. The van der Waals surface area contributed by atoms with E-state index in [9.17, 15) is 19.8 Å². The number of nitrogens with zero attached hydrogens (tertiary/aromatic N) is 4. The fourth-order valence-electron chi connectivity index (χ4n) is 9.23. The minimum absolute atomic E-state index is 0.161. The van der Waals surface area contributed by atoms with Crippen LogP contribution in [0.5, 0.6) is 23.0 Å². The average Bonchev–Trinajstić information content (AvgIpc) is 4.33. The van der Waals surface area contributed by atoms with Crippen molar-refractivity contribution in [3.05, 3.63) is 235 Å². The highest BCUT2D eigenvalue weighted by atomic mass is 35.5. The lowest BCUT2D eigenvalue weighted by molar-refractivity contribution is -0.140. The molecule has 14 nitrogen and oxygen atoms in total. The third-order valence-corrected chi connectivity index (χ3v) is 14.3. The molecule has 0 saturated carbocycles. The maximum absolute atomic E-state index is 12.4. The van der Waals surface area contributed by atoms with Crippen molar-refractivity contribution < 1.29 is 38.7 Å². The van der Waals surface area contributed by atoms with E-state index in [0.29, 0.717) is 57.1 Å². The monoisotopic (exact) mass is 1110 g/mol. The third kappa shape index (κ3) is 15.0. The second kappa shape index (κ2) is 27.0. The zero-order valence-corrected chi connectivity index (χ0v) is 46.0. The van der Waals surface area contributed by atoms with Gasteiger partial charge in [0.2, 0.25) is 0 Å². The minimum atomic E-state index is -0.974. The SMILES string of the molecule is CN=Cc1cncc(COc2cc(OCc3cccc(-c4cccc(COc5cc(OCc6cncc(C7=NC7)c6)c(CNC(Cc6ccccc6)C(=O)O)cc5Cl)c4C)c3C)c(Cl)cc2CNC(Cc2ccccc2)C(=O)O)c1. The van der Waals surface area contributed by atoms with E-state index in [4.69, 9.17) is 42.1 Å². The van der Waals surface area contributed by atoms with E-state index in [1.54, 1.807) is 62.3 Å². The first kappa shape index (κ1) is 56.3. The summed E-state index contributed by atoms with van der Waals surface area (Å²) < 4.78 is 25.9. The second-order valence-corrected chi connectivity index (χ2v) is 20.2. The number of hydrogen-bond acceptors (Lipinski definition) is 12. The molecule has 0 bridgehead atoms. The van der Waals surface area contributed by atoms with Crippen LogP contribution < -0.4 is 29.6 Å². The van der Waals surface area contributed by atoms with Crippen LogP contribution in [0.15, 0.2) is 168 Å². The quantitative estimate of drug-likeness (QED) is 0.0358. The number of aliphatic imine (C=N–C) groups is 2. The Morgan fingerprint density at radius 2 is 1.02 bits per heavy atom. The van der Waals surface area contributed by atoms with Crippen LogP contribution in [-0.4, -0.2) is 69.7 Å². The van der Waals surface area contributed by atoms with Crippen molar-refractivity contribution in [1.82, 2.24) is 20.6 Å². The molecule has 0 amide bonds. The van der Waals surface area contributed by atoms with Gasteiger partial charge in [0.1, 0.15) is 61.5 Å². The number of aliphatic carboxylic acids is 2. The molecule has 2 atom stereocenters. The predicted octanol–water partition coefficient (Wildman–Crippen LogP) is 11.8. The number of aromatic nitrogens is 2. The summed E-state index contributed by atoms with van der Waals surface area (Å²) in [7, 11) is 1.70. The predicted molar refractivity (Wildman–Crippen MR) is 312 cm³/mol. The smallest absolute Gasteiger partial charge is 0.321 e. The third-order valence-electron chi connectivity index (χ3n) is 13.7. The van der Waals surface area contributed by atoms with Gasteiger partial charge in [-0.3, -0.25) is 40.2 Å². The molecule has 1 aliphatic rings. The molecule has 0 saturated heterocycles. The highest BCUT2D eigenvalue weighted by Crippen LogP contribution is 2.38. The molecule has 2 unspecified atom stereocenters. The summed E-state index contributed by atoms with van der Waals surface area (Å²) in [4.78, 5) is 42.0. The van der Waals surface area contributed by atoms with Gasteiger partial charge in [0.25, 0.3) is 0 Å². The Hall–Kier alpha value is -8.40. The van der Waals surface area contributed by atoms with Crippen molar-refractivity contribution in [3.8, 4) is 34.1 Å². The Balaban J connectivity index is 0.915. The Bertz CT molecular complexity index is 3540. The number of carboxylic acid groups (broad SMARTS) is 2. The summed E-state index contributed by atoms with van der Waals surface area (Å²) in [5, 5.41) is 27.4. The summed E-state index contributed by atoms with van der Waals surface area (Å²) >= 11 is 13.9. The normalized spacial score (nSPS) is 12.6.